The lowest BCUT2D eigenvalue weighted by molar-refractivity contribution is -0.120. The normalized spacial score (nSPS) is 17.0. The Kier molecular flexibility index (Phi) is 7.09. The van der Waals surface area contributed by atoms with Gasteiger partial charge >= 0.3 is 0 Å². The molecule has 184 valence electrons. The van der Waals surface area contributed by atoms with Gasteiger partial charge in [0.2, 0.25) is 5.91 Å². The maximum absolute atomic E-state index is 13.6. The summed E-state index contributed by atoms with van der Waals surface area (Å²) in [5.74, 6) is 0.788. The molecule has 2 aromatic carbocycles. The van der Waals surface area contributed by atoms with E-state index in [1.54, 1.807) is 4.57 Å². The summed E-state index contributed by atoms with van der Waals surface area (Å²) in [6, 6.07) is 11.4. The fourth-order valence-corrected chi connectivity index (χ4v) is 5.55. The first-order valence-corrected chi connectivity index (χ1v) is 13.2. The lowest BCUT2D eigenvalue weighted by Crippen LogP contribution is -2.32. The second-order valence-electron chi connectivity index (χ2n) is 9.94. The van der Waals surface area contributed by atoms with Crippen molar-refractivity contribution in [2.75, 3.05) is 23.3 Å². The molecule has 0 bridgehead atoms. The van der Waals surface area contributed by atoms with E-state index in [-0.39, 0.29) is 17.4 Å². The number of hydrogen-bond acceptors (Lipinski definition) is 4. The van der Waals surface area contributed by atoms with Crippen molar-refractivity contribution in [3.8, 4) is 0 Å². The molecule has 1 aliphatic carbocycles. The highest BCUT2D eigenvalue weighted by molar-refractivity contribution is 6.30. The number of nitrogens with one attached hydrogen (secondary N) is 1. The van der Waals surface area contributed by atoms with Crippen molar-refractivity contribution in [3.63, 3.8) is 0 Å². The van der Waals surface area contributed by atoms with Crippen LogP contribution in [0.3, 0.4) is 0 Å². The van der Waals surface area contributed by atoms with Gasteiger partial charge in [-0.05, 0) is 68.9 Å². The number of anilines is 2. The maximum atomic E-state index is 13.6. The van der Waals surface area contributed by atoms with E-state index in [9.17, 15) is 9.59 Å². The molecule has 35 heavy (non-hydrogen) atoms. The third-order valence-electron chi connectivity index (χ3n) is 7.45. The third-order valence-corrected chi connectivity index (χ3v) is 7.70. The van der Waals surface area contributed by atoms with Crippen LogP contribution in [-0.4, -0.2) is 28.5 Å². The quantitative estimate of drug-likeness (QED) is 0.480. The summed E-state index contributed by atoms with van der Waals surface area (Å²) in [6.45, 7) is 4.19. The topological polar surface area (TPSA) is 67.2 Å². The number of halogens is 1. The highest BCUT2D eigenvalue weighted by Gasteiger charge is 2.24. The summed E-state index contributed by atoms with van der Waals surface area (Å²) < 4.78 is 1.69. The van der Waals surface area contributed by atoms with Crippen LogP contribution in [0.2, 0.25) is 5.02 Å². The Labute approximate surface area is 211 Å². The molecule has 2 heterocycles. The second kappa shape index (κ2) is 10.4. The number of benzene rings is 2. The zero-order valence-corrected chi connectivity index (χ0v) is 21.1. The minimum Gasteiger partial charge on any atom is -0.370 e. The number of aryl methyl sites for hydroxylation is 1. The van der Waals surface area contributed by atoms with Crippen LogP contribution in [0.15, 0.2) is 41.2 Å². The fourth-order valence-electron chi connectivity index (χ4n) is 5.42. The van der Waals surface area contributed by atoms with Crippen LogP contribution in [-0.2, 0) is 11.3 Å². The van der Waals surface area contributed by atoms with Gasteiger partial charge in [0.1, 0.15) is 5.82 Å². The minimum absolute atomic E-state index is 0.0476. The van der Waals surface area contributed by atoms with Gasteiger partial charge in [-0.15, -0.1) is 0 Å². The molecule has 2 fully saturated rings. The van der Waals surface area contributed by atoms with Gasteiger partial charge in [-0.1, -0.05) is 43.0 Å². The molecule has 6 nitrogen and oxygen atoms in total. The van der Waals surface area contributed by atoms with Gasteiger partial charge in [0.25, 0.3) is 5.56 Å². The highest BCUT2D eigenvalue weighted by Crippen LogP contribution is 2.33. The van der Waals surface area contributed by atoms with E-state index in [2.05, 4.69) is 10.2 Å². The van der Waals surface area contributed by atoms with Crippen LogP contribution < -0.4 is 15.8 Å². The first-order valence-electron chi connectivity index (χ1n) is 12.8. The molecule has 1 N–H and O–H groups in total. The first-order chi connectivity index (χ1) is 17.0. The number of carbonyl (C=O) groups is 1. The SMILES string of the molecule is Cc1nc2cc(N3CCCCC3)c(NC(=O)C3CCCCC3)cc2c(=O)n1Cc1ccc(Cl)cc1. The minimum atomic E-state index is -0.0965. The second-order valence-corrected chi connectivity index (χ2v) is 10.4. The fraction of sp³-hybridized carbons (Fsp3) is 0.464. The lowest BCUT2D eigenvalue weighted by Gasteiger charge is -2.31. The molecule has 0 atom stereocenters. The Bertz CT molecular complexity index is 1270. The molecule has 7 heteroatoms. The molecular formula is C28H33ClN4O2. The van der Waals surface area contributed by atoms with Gasteiger partial charge in [-0.3, -0.25) is 14.2 Å². The number of fused-ring (bicyclic) bond motifs is 1. The predicted octanol–water partition coefficient (Wildman–Crippen LogP) is 5.92. The number of aromatic nitrogens is 2. The number of nitrogens with zero attached hydrogens (tertiary/aromatic N) is 3. The third kappa shape index (κ3) is 5.22. The van der Waals surface area contributed by atoms with Crippen LogP contribution in [0.1, 0.15) is 62.8 Å². The van der Waals surface area contributed by atoms with Crippen molar-refractivity contribution in [1.82, 2.24) is 9.55 Å². The molecule has 5 rings (SSSR count). The summed E-state index contributed by atoms with van der Waals surface area (Å²) in [6.07, 6.45) is 8.77. The maximum Gasteiger partial charge on any atom is 0.261 e. The molecule has 3 aromatic rings. The van der Waals surface area contributed by atoms with Gasteiger partial charge < -0.3 is 10.2 Å². The number of carbonyl (C=O) groups excluding carboxylic acids is 1. The van der Waals surface area contributed by atoms with Gasteiger partial charge in [0.05, 0.1) is 28.8 Å². The summed E-state index contributed by atoms with van der Waals surface area (Å²) >= 11 is 6.03. The number of amides is 1. The Morgan fingerprint density at radius 3 is 2.43 bits per heavy atom. The smallest absolute Gasteiger partial charge is 0.261 e. The van der Waals surface area contributed by atoms with Crippen LogP contribution in [0.25, 0.3) is 10.9 Å². The van der Waals surface area contributed by atoms with E-state index in [0.717, 1.165) is 68.6 Å². The largest absolute Gasteiger partial charge is 0.370 e. The van der Waals surface area contributed by atoms with Crippen LogP contribution >= 0.6 is 11.6 Å². The molecule has 1 aliphatic heterocycles. The Morgan fingerprint density at radius 2 is 1.71 bits per heavy atom. The van der Waals surface area contributed by atoms with Crippen LogP contribution in [0.4, 0.5) is 11.4 Å². The summed E-state index contributed by atoms with van der Waals surface area (Å²) in [4.78, 5) is 33.9. The summed E-state index contributed by atoms with van der Waals surface area (Å²) in [5.41, 5.74) is 3.27. The van der Waals surface area contributed by atoms with Gasteiger partial charge in [0.15, 0.2) is 0 Å². The first kappa shape index (κ1) is 23.9. The monoisotopic (exact) mass is 492 g/mol. The van der Waals surface area contributed by atoms with Crippen LogP contribution in [0, 0.1) is 12.8 Å². The Hall–Kier alpha value is -2.86. The molecule has 1 saturated heterocycles. The van der Waals surface area contributed by atoms with E-state index in [1.165, 1.54) is 12.8 Å². The zero-order chi connectivity index (χ0) is 24.4. The predicted molar refractivity (Wildman–Crippen MR) is 143 cm³/mol. The standard InChI is InChI=1S/C28H33ClN4O2/c1-19-30-24-17-26(32-14-6-3-7-15-32)25(31-27(34)21-8-4-2-5-9-21)16-23(24)28(35)33(19)18-20-10-12-22(29)13-11-20/h10-13,16-17,21H,2-9,14-15,18H2,1H3,(H,31,34). The van der Waals surface area contributed by atoms with E-state index in [0.29, 0.717) is 28.3 Å². The lowest BCUT2D eigenvalue weighted by atomic mass is 9.88. The molecule has 0 unspecified atom stereocenters. The van der Waals surface area contributed by atoms with Gasteiger partial charge in [-0.25, -0.2) is 4.98 Å². The average molecular weight is 493 g/mol. The number of rotatable bonds is 5. The van der Waals surface area contributed by atoms with Crippen molar-refractivity contribution in [2.45, 2.75) is 64.8 Å². The van der Waals surface area contributed by atoms with E-state index >= 15 is 0 Å². The van der Waals surface area contributed by atoms with E-state index < -0.39 is 0 Å². The molecular weight excluding hydrogens is 460 g/mol. The van der Waals surface area contributed by atoms with Gasteiger partial charge in [0, 0.05) is 24.0 Å². The molecule has 2 aliphatic rings. The van der Waals surface area contributed by atoms with Crippen molar-refractivity contribution >= 4 is 39.8 Å². The highest BCUT2D eigenvalue weighted by atomic mass is 35.5. The van der Waals surface area contributed by atoms with Crippen molar-refractivity contribution in [3.05, 3.63) is 63.2 Å². The van der Waals surface area contributed by atoms with Crippen molar-refractivity contribution in [2.24, 2.45) is 5.92 Å². The number of piperidine rings is 1. The summed E-state index contributed by atoms with van der Waals surface area (Å²) in [5, 5.41) is 4.41. The molecule has 0 radical (unpaired) electrons. The number of hydrogen-bond donors (Lipinski definition) is 1. The van der Waals surface area contributed by atoms with Crippen LogP contribution in [0.5, 0.6) is 0 Å². The molecule has 1 saturated carbocycles. The Balaban J connectivity index is 1.55. The Morgan fingerprint density at radius 1 is 1.03 bits per heavy atom. The molecule has 1 amide bonds. The van der Waals surface area contributed by atoms with Crippen molar-refractivity contribution < 1.29 is 4.79 Å². The molecule has 1 aromatic heterocycles. The van der Waals surface area contributed by atoms with E-state index in [1.807, 2.05) is 43.3 Å². The molecule has 0 spiro atoms. The van der Waals surface area contributed by atoms with Crippen molar-refractivity contribution in [1.29, 1.82) is 0 Å². The van der Waals surface area contributed by atoms with Gasteiger partial charge in [-0.2, -0.15) is 0 Å². The average Bonchev–Trinajstić information content (AvgIpc) is 2.89. The summed E-state index contributed by atoms with van der Waals surface area (Å²) in [7, 11) is 0. The zero-order valence-electron chi connectivity index (χ0n) is 20.4. The van der Waals surface area contributed by atoms with E-state index in [4.69, 9.17) is 16.6 Å².